The Kier molecular flexibility index (Phi) is 2.97. The molecule has 0 bridgehead atoms. The molecule has 1 aliphatic rings. The number of carbonyl (C=O) groups is 1. The van der Waals surface area contributed by atoms with E-state index in [0.717, 1.165) is 11.0 Å². The smallest absolute Gasteiger partial charge is 0.270 e. The van der Waals surface area contributed by atoms with Gasteiger partial charge < -0.3 is 10.4 Å². The van der Waals surface area contributed by atoms with Gasteiger partial charge in [0.15, 0.2) is 11.3 Å². The minimum atomic E-state index is -1.21. The van der Waals surface area contributed by atoms with E-state index >= 15 is 0 Å². The fourth-order valence-electron chi connectivity index (χ4n) is 1.77. The first-order valence-electron chi connectivity index (χ1n) is 4.99. The van der Waals surface area contributed by atoms with Gasteiger partial charge in [0.05, 0.1) is 10.5 Å². The van der Waals surface area contributed by atoms with Crippen molar-refractivity contribution in [1.82, 2.24) is 10.2 Å². The molecule has 0 aliphatic carbocycles. The van der Waals surface area contributed by atoms with Gasteiger partial charge >= 0.3 is 0 Å². The van der Waals surface area contributed by atoms with Crippen LogP contribution in [0.2, 0.25) is 0 Å². The molecule has 0 aromatic heterocycles. The van der Waals surface area contributed by atoms with Crippen LogP contribution in [0.15, 0.2) is 18.2 Å². The lowest BCUT2D eigenvalue weighted by Crippen LogP contribution is -2.40. The maximum atomic E-state index is 12.0. The van der Waals surface area contributed by atoms with E-state index in [1.807, 2.05) is 0 Å². The molecule has 1 aliphatic heterocycles. The van der Waals surface area contributed by atoms with E-state index in [0.29, 0.717) is 5.56 Å². The highest BCUT2D eigenvalue weighted by Gasteiger charge is 2.38. The van der Waals surface area contributed by atoms with Crippen molar-refractivity contribution in [2.75, 3.05) is 7.05 Å². The normalized spacial score (nSPS) is 17.6. The third-order valence-electron chi connectivity index (χ3n) is 2.65. The molecular weight excluding hydrogens is 258 g/mol. The second-order valence-electron chi connectivity index (χ2n) is 3.63. The molecule has 8 heteroatoms. The average Bonchev–Trinajstić information content (AvgIpc) is 2.61. The topological polar surface area (TPSA) is 95.7 Å². The Balaban J connectivity index is 2.49. The summed E-state index contributed by atoms with van der Waals surface area (Å²) in [5.41, 5.74) is 0.198. The van der Waals surface area contributed by atoms with Crippen LogP contribution >= 0.6 is 12.2 Å². The number of amides is 1. The second-order valence-corrected chi connectivity index (χ2v) is 4.02. The fraction of sp³-hybridized carbons (Fsp3) is 0.200. The second kappa shape index (κ2) is 4.31. The van der Waals surface area contributed by atoms with E-state index in [9.17, 15) is 20.0 Å². The summed E-state index contributed by atoms with van der Waals surface area (Å²) in [6.45, 7) is 0. The average molecular weight is 267 g/mol. The van der Waals surface area contributed by atoms with Crippen molar-refractivity contribution in [3.8, 4) is 0 Å². The van der Waals surface area contributed by atoms with Crippen molar-refractivity contribution in [2.24, 2.45) is 0 Å². The van der Waals surface area contributed by atoms with Crippen LogP contribution in [-0.4, -0.2) is 33.0 Å². The SMILES string of the molecule is CNC(=S)N1C(=O)c2cc([N+](=O)[O-])ccc2C1O. The highest BCUT2D eigenvalue weighted by Crippen LogP contribution is 2.33. The lowest BCUT2D eigenvalue weighted by atomic mass is 10.1. The molecule has 0 spiro atoms. The quantitative estimate of drug-likeness (QED) is 0.438. The molecule has 0 radical (unpaired) electrons. The maximum absolute atomic E-state index is 12.0. The minimum Gasteiger partial charge on any atom is -0.369 e. The molecule has 1 aromatic carbocycles. The van der Waals surface area contributed by atoms with Crippen molar-refractivity contribution in [1.29, 1.82) is 0 Å². The van der Waals surface area contributed by atoms with E-state index < -0.39 is 17.1 Å². The summed E-state index contributed by atoms with van der Waals surface area (Å²) >= 11 is 4.90. The van der Waals surface area contributed by atoms with E-state index in [2.05, 4.69) is 5.32 Å². The molecule has 0 saturated heterocycles. The monoisotopic (exact) mass is 267 g/mol. The fourth-order valence-corrected chi connectivity index (χ4v) is 1.95. The summed E-state index contributed by atoms with van der Waals surface area (Å²) in [7, 11) is 1.52. The Labute approximate surface area is 107 Å². The molecule has 1 heterocycles. The zero-order chi connectivity index (χ0) is 13.4. The Morgan fingerprint density at radius 1 is 1.61 bits per heavy atom. The first-order chi connectivity index (χ1) is 8.47. The lowest BCUT2D eigenvalue weighted by molar-refractivity contribution is -0.384. The molecule has 7 nitrogen and oxygen atoms in total. The number of nitrogens with one attached hydrogen (secondary N) is 1. The van der Waals surface area contributed by atoms with Crippen molar-refractivity contribution in [2.45, 2.75) is 6.23 Å². The molecule has 0 saturated carbocycles. The Hall–Kier alpha value is -2.06. The number of hydrogen-bond donors (Lipinski definition) is 2. The summed E-state index contributed by atoms with van der Waals surface area (Å²) in [6, 6.07) is 3.73. The van der Waals surface area contributed by atoms with Gasteiger partial charge in [0, 0.05) is 24.7 Å². The Morgan fingerprint density at radius 3 is 2.83 bits per heavy atom. The molecule has 0 fully saturated rings. The van der Waals surface area contributed by atoms with Crippen LogP contribution < -0.4 is 5.32 Å². The van der Waals surface area contributed by atoms with Gasteiger partial charge in [-0.2, -0.15) is 0 Å². The van der Waals surface area contributed by atoms with Crippen LogP contribution in [0.3, 0.4) is 0 Å². The highest BCUT2D eigenvalue weighted by molar-refractivity contribution is 7.80. The Bertz CT molecular complexity index is 560. The van der Waals surface area contributed by atoms with Crippen molar-refractivity contribution in [3.63, 3.8) is 0 Å². The van der Waals surface area contributed by atoms with E-state index in [-0.39, 0.29) is 16.4 Å². The number of non-ortho nitro benzene ring substituents is 1. The Morgan fingerprint density at radius 2 is 2.28 bits per heavy atom. The summed E-state index contributed by atoms with van der Waals surface area (Å²) in [6.07, 6.45) is -1.21. The molecule has 1 atom stereocenters. The summed E-state index contributed by atoms with van der Waals surface area (Å²) < 4.78 is 0. The standard InChI is InChI=1S/C10H9N3O4S/c1-11-10(18)12-8(14)6-3-2-5(13(16)17)4-7(6)9(12)15/h2-4,8,14H,1H3,(H,11,18). The zero-order valence-corrected chi connectivity index (χ0v) is 10.1. The summed E-state index contributed by atoms with van der Waals surface area (Å²) in [5.74, 6) is -0.555. The van der Waals surface area contributed by atoms with E-state index in [1.54, 1.807) is 0 Å². The molecule has 1 aromatic rings. The largest absolute Gasteiger partial charge is 0.369 e. The predicted molar refractivity (Wildman–Crippen MR) is 65.9 cm³/mol. The number of rotatable bonds is 1. The number of nitro groups is 1. The molecule has 94 valence electrons. The van der Waals surface area contributed by atoms with E-state index in [4.69, 9.17) is 12.2 Å². The number of fused-ring (bicyclic) bond motifs is 1. The number of thiocarbonyl (C=S) groups is 1. The van der Waals surface area contributed by atoms with Gasteiger partial charge in [0.1, 0.15) is 0 Å². The number of hydrogen-bond acceptors (Lipinski definition) is 5. The van der Waals surface area contributed by atoms with Gasteiger partial charge in [0.25, 0.3) is 11.6 Å². The maximum Gasteiger partial charge on any atom is 0.270 e. The minimum absolute atomic E-state index is 0.0614. The third kappa shape index (κ3) is 1.71. The van der Waals surface area contributed by atoms with Gasteiger partial charge in [-0.3, -0.25) is 19.8 Å². The summed E-state index contributed by atoms with van der Waals surface area (Å²) in [5, 5.41) is 23.2. The first kappa shape index (κ1) is 12.4. The number of benzene rings is 1. The van der Waals surface area contributed by atoms with Crippen LogP contribution in [0, 0.1) is 10.1 Å². The predicted octanol–water partition coefficient (Wildman–Crippen LogP) is 0.546. The molecule has 1 unspecified atom stereocenters. The van der Waals surface area contributed by atoms with Crippen LogP contribution in [0.4, 0.5) is 5.69 Å². The molecule has 1 amide bonds. The van der Waals surface area contributed by atoms with Crippen molar-refractivity contribution >= 4 is 28.9 Å². The van der Waals surface area contributed by atoms with Gasteiger partial charge in [-0.05, 0) is 18.3 Å². The highest BCUT2D eigenvalue weighted by atomic mass is 32.1. The number of aliphatic hydroxyl groups is 1. The van der Waals surface area contributed by atoms with Gasteiger partial charge in [-0.25, -0.2) is 0 Å². The van der Waals surface area contributed by atoms with Crippen LogP contribution in [0.5, 0.6) is 0 Å². The van der Waals surface area contributed by atoms with Crippen LogP contribution in [0.1, 0.15) is 22.1 Å². The van der Waals surface area contributed by atoms with Crippen molar-refractivity contribution in [3.05, 3.63) is 39.4 Å². The van der Waals surface area contributed by atoms with E-state index in [1.165, 1.54) is 19.2 Å². The number of nitro benzene ring substituents is 1. The van der Waals surface area contributed by atoms with Gasteiger partial charge in [0.2, 0.25) is 0 Å². The molecule has 18 heavy (non-hydrogen) atoms. The molecular formula is C10H9N3O4S. The van der Waals surface area contributed by atoms with Crippen LogP contribution in [0.25, 0.3) is 0 Å². The number of aliphatic hydroxyl groups excluding tert-OH is 1. The van der Waals surface area contributed by atoms with Crippen molar-refractivity contribution < 1.29 is 14.8 Å². The number of nitrogens with zero attached hydrogens (tertiary/aromatic N) is 2. The molecule has 2 N–H and O–H groups in total. The third-order valence-corrected chi connectivity index (χ3v) is 3.05. The van der Waals surface area contributed by atoms with Gasteiger partial charge in [-0.15, -0.1) is 0 Å². The lowest BCUT2D eigenvalue weighted by Gasteiger charge is -2.20. The summed E-state index contributed by atoms with van der Waals surface area (Å²) in [4.78, 5) is 23.0. The molecule has 2 rings (SSSR count). The first-order valence-corrected chi connectivity index (χ1v) is 5.40. The van der Waals surface area contributed by atoms with Crippen LogP contribution in [-0.2, 0) is 0 Å². The zero-order valence-electron chi connectivity index (χ0n) is 9.28. The van der Waals surface area contributed by atoms with Gasteiger partial charge in [-0.1, -0.05) is 0 Å². The number of carbonyl (C=O) groups excluding carboxylic acids is 1.